The summed E-state index contributed by atoms with van der Waals surface area (Å²) < 4.78 is 27.7. The van der Waals surface area contributed by atoms with E-state index >= 15 is 0 Å². The largest absolute Gasteiger partial charge is 0.326 e. The van der Waals surface area contributed by atoms with Crippen LogP contribution in [-0.2, 0) is 14.8 Å². The van der Waals surface area contributed by atoms with Gasteiger partial charge >= 0.3 is 0 Å². The number of nitrogens with zero attached hydrogens (tertiary/aromatic N) is 3. The Morgan fingerprint density at radius 1 is 0.907 bits per heavy atom. The number of carbonyl (C=O) groups excluding carboxylic acids is 1. The zero-order valence-electron chi connectivity index (χ0n) is 23.2. The molecule has 2 aromatic heterocycles. The Bertz CT molecular complexity index is 1870. The second-order valence-corrected chi connectivity index (χ2v) is 12.3. The molecule has 0 saturated heterocycles. The number of anilines is 2. The summed E-state index contributed by atoms with van der Waals surface area (Å²) in [6.07, 6.45) is 1.66. The van der Waals surface area contributed by atoms with Gasteiger partial charge in [0.15, 0.2) is 0 Å². The van der Waals surface area contributed by atoms with Gasteiger partial charge in [-0.15, -0.1) is 11.8 Å². The molecule has 0 saturated carbocycles. The lowest BCUT2D eigenvalue weighted by Crippen LogP contribution is -2.15. The number of carbonyl (C=O) groups is 1. The van der Waals surface area contributed by atoms with Crippen LogP contribution < -0.4 is 10.0 Å². The van der Waals surface area contributed by atoms with Crippen LogP contribution in [0.15, 0.2) is 119 Å². The quantitative estimate of drug-likeness (QED) is 0.166. The van der Waals surface area contributed by atoms with Gasteiger partial charge in [0.05, 0.1) is 16.2 Å². The second kappa shape index (κ2) is 13.3. The summed E-state index contributed by atoms with van der Waals surface area (Å²) >= 11 is 1.35. The summed E-state index contributed by atoms with van der Waals surface area (Å²) in [6, 6.07) is 32.9. The number of hydrogen-bond acceptors (Lipinski definition) is 7. The fourth-order valence-electron chi connectivity index (χ4n) is 4.25. The third kappa shape index (κ3) is 7.46. The van der Waals surface area contributed by atoms with Crippen molar-refractivity contribution < 1.29 is 13.2 Å². The zero-order chi connectivity index (χ0) is 30.2. The molecule has 3 aromatic carbocycles. The first-order valence-electron chi connectivity index (χ1n) is 13.4. The molecule has 0 atom stereocenters. The van der Waals surface area contributed by atoms with E-state index in [9.17, 15) is 18.5 Å². The Morgan fingerprint density at radius 3 is 2.30 bits per heavy atom. The maximum Gasteiger partial charge on any atom is 0.263 e. The molecule has 2 N–H and O–H groups in total. The molecule has 214 valence electrons. The first kappa shape index (κ1) is 29.5. The summed E-state index contributed by atoms with van der Waals surface area (Å²) in [7, 11) is -3.82. The number of pyridine rings is 2. The third-order valence-electron chi connectivity index (χ3n) is 6.45. The van der Waals surface area contributed by atoms with Crippen LogP contribution in [0.2, 0.25) is 0 Å². The van der Waals surface area contributed by atoms with E-state index in [0.29, 0.717) is 22.0 Å². The van der Waals surface area contributed by atoms with Crippen molar-refractivity contribution in [2.75, 3.05) is 15.8 Å². The van der Waals surface area contributed by atoms with Crippen molar-refractivity contribution in [2.45, 2.75) is 23.3 Å². The molecule has 0 unspecified atom stereocenters. The zero-order valence-corrected chi connectivity index (χ0v) is 24.8. The monoisotopic (exact) mass is 605 g/mol. The predicted octanol–water partition coefficient (Wildman–Crippen LogP) is 6.91. The van der Waals surface area contributed by atoms with Gasteiger partial charge in [-0.05, 0) is 55.0 Å². The molecule has 8 nitrogen and oxygen atoms in total. The summed E-state index contributed by atoms with van der Waals surface area (Å²) in [5, 5.41) is 13.5. The fraction of sp³-hybridized carbons (Fsp3) is 0.0909. The number of aryl methyl sites for hydroxylation is 1. The lowest BCUT2D eigenvalue weighted by atomic mass is 9.98. The van der Waals surface area contributed by atoms with E-state index in [1.165, 1.54) is 42.2 Å². The van der Waals surface area contributed by atoms with Gasteiger partial charge in [-0.1, -0.05) is 66.2 Å². The van der Waals surface area contributed by atoms with Crippen LogP contribution in [0.1, 0.15) is 17.5 Å². The third-order valence-corrected chi connectivity index (χ3v) is 8.80. The van der Waals surface area contributed by atoms with Crippen LogP contribution in [0.25, 0.3) is 22.4 Å². The summed E-state index contributed by atoms with van der Waals surface area (Å²) in [6.45, 7) is 2.01. The highest BCUT2D eigenvalue weighted by Crippen LogP contribution is 2.34. The van der Waals surface area contributed by atoms with Crippen LogP contribution in [0.4, 0.5) is 11.5 Å². The molecule has 0 aliphatic carbocycles. The molecule has 5 aromatic rings. The standard InChI is InChI=1S/C33H27N5O3S2/c1-23-10-12-24(13-11-23)28-21-30(25-7-3-2-4-8-25)37-33(29(28)22-34)42-20-18-32(39)36-26-14-16-27(17-15-26)43(40,41)38-31-9-5-6-19-35-31/h2-17,19,21H,18,20H2,1H3,(H,35,38)(H,36,39). The highest BCUT2D eigenvalue weighted by atomic mass is 32.2. The number of hydrogen-bond donors (Lipinski definition) is 2. The van der Waals surface area contributed by atoms with Crippen molar-refractivity contribution in [2.24, 2.45) is 0 Å². The van der Waals surface area contributed by atoms with Crippen molar-refractivity contribution in [3.8, 4) is 28.5 Å². The molecule has 5 rings (SSSR count). The van der Waals surface area contributed by atoms with E-state index in [1.54, 1.807) is 18.2 Å². The van der Waals surface area contributed by atoms with Gasteiger partial charge in [-0.2, -0.15) is 5.26 Å². The summed E-state index contributed by atoms with van der Waals surface area (Å²) in [4.78, 5) is 21.6. The van der Waals surface area contributed by atoms with E-state index in [-0.39, 0.29) is 23.0 Å². The lowest BCUT2D eigenvalue weighted by molar-refractivity contribution is -0.115. The average Bonchev–Trinajstić information content (AvgIpc) is 3.02. The summed E-state index contributed by atoms with van der Waals surface area (Å²) in [5.74, 6) is 0.359. The van der Waals surface area contributed by atoms with Crippen LogP contribution in [-0.4, -0.2) is 30.0 Å². The van der Waals surface area contributed by atoms with Gasteiger partial charge in [0, 0.05) is 35.2 Å². The first-order chi connectivity index (χ1) is 20.8. The number of thioether (sulfide) groups is 1. The van der Waals surface area contributed by atoms with Crippen LogP contribution >= 0.6 is 11.8 Å². The molecule has 0 bridgehead atoms. The molecule has 10 heteroatoms. The predicted molar refractivity (Wildman–Crippen MR) is 170 cm³/mol. The molecule has 2 heterocycles. The van der Waals surface area contributed by atoms with Crippen LogP contribution in [0.5, 0.6) is 0 Å². The summed E-state index contributed by atoms with van der Waals surface area (Å²) in [5.41, 5.74) is 5.44. The molecule has 0 aliphatic heterocycles. The average molecular weight is 606 g/mol. The minimum atomic E-state index is -3.82. The highest BCUT2D eigenvalue weighted by molar-refractivity contribution is 7.99. The number of benzene rings is 3. The topological polar surface area (TPSA) is 125 Å². The number of rotatable bonds is 10. The Balaban J connectivity index is 1.27. The van der Waals surface area contributed by atoms with Gasteiger partial charge in [-0.3, -0.25) is 9.52 Å². The normalized spacial score (nSPS) is 11.0. The van der Waals surface area contributed by atoms with E-state index in [4.69, 9.17) is 4.98 Å². The van der Waals surface area contributed by atoms with E-state index in [1.807, 2.05) is 67.6 Å². The number of nitriles is 1. The number of nitrogens with one attached hydrogen (secondary N) is 2. The Hall–Kier alpha value is -4.98. The first-order valence-corrected chi connectivity index (χ1v) is 15.8. The van der Waals surface area contributed by atoms with Gasteiger partial charge in [0.25, 0.3) is 10.0 Å². The van der Waals surface area contributed by atoms with Gasteiger partial charge in [0.2, 0.25) is 5.91 Å². The molecule has 43 heavy (non-hydrogen) atoms. The molecule has 0 radical (unpaired) electrons. The minimum absolute atomic E-state index is 0.0458. The van der Waals surface area contributed by atoms with Crippen molar-refractivity contribution in [1.29, 1.82) is 5.26 Å². The van der Waals surface area contributed by atoms with Crippen molar-refractivity contribution in [3.63, 3.8) is 0 Å². The highest BCUT2D eigenvalue weighted by Gasteiger charge is 2.17. The van der Waals surface area contributed by atoms with E-state index in [2.05, 4.69) is 21.1 Å². The fourth-order valence-corrected chi connectivity index (χ4v) is 6.20. The van der Waals surface area contributed by atoms with Gasteiger partial charge < -0.3 is 5.32 Å². The molecular weight excluding hydrogens is 579 g/mol. The van der Waals surface area contributed by atoms with E-state index < -0.39 is 10.0 Å². The van der Waals surface area contributed by atoms with Crippen LogP contribution in [0, 0.1) is 18.3 Å². The SMILES string of the molecule is Cc1ccc(-c2cc(-c3ccccc3)nc(SCCC(=O)Nc3ccc(S(=O)(=O)Nc4ccccn4)cc3)c2C#N)cc1. The Kier molecular flexibility index (Phi) is 9.15. The maximum absolute atomic E-state index is 12.7. The van der Waals surface area contributed by atoms with Crippen molar-refractivity contribution >= 4 is 39.2 Å². The molecule has 1 amide bonds. The second-order valence-electron chi connectivity index (χ2n) is 9.57. The number of aromatic nitrogens is 2. The lowest BCUT2D eigenvalue weighted by Gasteiger charge is -2.13. The minimum Gasteiger partial charge on any atom is -0.326 e. The van der Waals surface area contributed by atoms with E-state index in [0.717, 1.165) is 27.9 Å². The van der Waals surface area contributed by atoms with Crippen molar-refractivity contribution in [3.05, 3.63) is 120 Å². The molecule has 0 aliphatic rings. The Morgan fingerprint density at radius 2 is 1.63 bits per heavy atom. The molecule has 0 fully saturated rings. The van der Waals surface area contributed by atoms with Gasteiger partial charge in [-0.25, -0.2) is 18.4 Å². The molecule has 0 spiro atoms. The van der Waals surface area contributed by atoms with Gasteiger partial charge in [0.1, 0.15) is 16.9 Å². The maximum atomic E-state index is 12.7. The molecular formula is C33H27N5O3S2. The van der Waals surface area contributed by atoms with Crippen LogP contribution in [0.3, 0.4) is 0 Å². The smallest absolute Gasteiger partial charge is 0.263 e. The van der Waals surface area contributed by atoms with Crippen molar-refractivity contribution in [1.82, 2.24) is 9.97 Å². The number of sulfonamides is 1. The Labute approximate surface area is 254 Å². The number of amides is 1.